The maximum atomic E-state index is 6.00. The Morgan fingerprint density at radius 3 is 2.79 bits per heavy atom. The number of benzene rings is 1. The van der Waals surface area contributed by atoms with Crippen molar-refractivity contribution in [2.75, 3.05) is 0 Å². The summed E-state index contributed by atoms with van der Waals surface area (Å²) >= 11 is 0. The first-order chi connectivity index (χ1) is 9.01. The standard InChI is InChI=1S/C15H18BNO2/c1-5-14-15(3,4)19-16(18-14)11-6-7-13-12(8-11)10(2)9-17-13/h5-9,17H,1-4H3/b14-5+. The SMILES string of the molecule is C/C=C1/OB(c2ccc3[nH]cc(C)c3c2)OC1(C)C. The quantitative estimate of drug-likeness (QED) is 0.795. The van der Waals surface area contributed by atoms with E-state index in [1.165, 1.54) is 10.9 Å². The topological polar surface area (TPSA) is 34.2 Å². The fraction of sp³-hybridized carbons (Fsp3) is 0.333. The second-order valence-corrected chi connectivity index (χ2v) is 5.51. The van der Waals surface area contributed by atoms with E-state index in [2.05, 4.69) is 30.1 Å². The van der Waals surface area contributed by atoms with Gasteiger partial charge in [0, 0.05) is 17.1 Å². The number of aromatic nitrogens is 1. The lowest BCUT2D eigenvalue weighted by Gasteiger charge is -2.16. The van der Waals surface area contributed by atoms with Gasteiger partial charge in [0.2, 0.25) is 0 Å². The molecule has 0 unspecified atom stereocenters. The zero-order valence-electron chi connectivity index (χ0n) is 11.8. The van der Waals surface area contributed by atoms with Crippen LogP contribution in [-0.4, -0.2) is 17.7 Å². The van der Waals surface area contributed by atoms with Crippen molar-refractivity contribution < 1.29 is 9.31 Å². The number of nitrogens with one attached hydrogen (secondary N) is 1. The van der Waals surface area contributed by atoms with E-state index in [0.29, 0.717) is 0 Å². The molecular weight excluding hydrogens is 237 g/mol. The predicted molar refractivity (Wildman–Crippen MR) is 78.4 cm³/mol. The summed E-state index contributed by atoms with van der Waals surface area (Å²) in [6.45, 7) is 8.13. The molecule has 3 rings (SSSR count). The van der Waals surface area contributed by atoms with Gasteiger partial charge < -0.3 is 14.3 Å². The number of fused-ring (bicyclic) bond motifs is 1. The molecule has 1 saturated heterocycles. The summed E-state index contributed by atoms with van der Waals surface area (Å²) in [4.78, 5) is 3.25. The van der Waals surface area contributed by atoms with E-state index in [4.69, 9.17) is 9.31 Å². The van der Waals surface area contributed by atoms with E-state index in [0.717, 1.165) is 16.7 Å². The number of aryl methyl sites for hydroxylation is 1. The molecule has 0 aliphatic carbocycles. The van der Waals surface area contributed by atoms with Gasteiger partial charge in [-0.2, -0.15) is 0 Å². The lowest BCUT2D eigenvalue weighted by molar-refractivity contribution is 0.172. The van der Waals surface area contributed by atoms with E-state index >= 15 is 0 Å². The minimum atomic E-state index is -0.360. The number of rotatable bonds is 1. The molecule has 4 heteroatoms. The Morgan fingerprint density at radius 2 is 2.11 bits per heavy atom. The predicted octanol–water partition coefficient (Wildman–Crippen LogP) is 2.90. The summed E-state index contributed by atoms with van der Waals surface area (Å²) in [5.41, 5.74) is 3.08. The minimum absolute atomic E-state index is 0.320. The van der Waals surface area contributed by atoms with Crippen LogP contribution in [0.1, 0.15) is 26.3 Å². The van der Waals surface area contributed by atoms with Gasteiger partial charge in [-0.15, -0.1) is 0 Å². The van der Waals surface area contributed by atoms with Crippen LogP contribution >= 0.6 is 0 Å². The molecule has 1 N–H and O–H groups in total. The molecule has 0 spiro atoms. The maximum Gasteiger partial charge on any atom is 0.563 e. The normalized spacial score (nSPS) is 20.2. The summed E-state index contributed by atoms with van der Waals surface area (Å²) < 4.78 is 11.9. The lowest BCUT2D eigenvalue weighted by Crippen LogP contribution is -2.34. The molecule has 2 aromatic rings. The Balaban J connectivity index is 1.99. The van der Waals surface area contributed by atoms with Crippen LogP contribution in [0, 0.1) is 6.92 Å². The molecule has 0 bridgehead atoms. The average Bonchev–Trinajstić information content (AvgIpc) is 2.89. The Labute approximate surface area is 113 Å². The van der Waals surface area contributed by atoms with Gasteiger partial charge in [0.1, 0.15) is 11.4 Å². The third kappa shape index (κ3) is 1.96. The van der Waals surface area contributed by atoms with E-state index in [1.54, 1.807) is 0 Å². The molecule has 0 saturated carbocycles. The molecule has 0 amide bonds. The Bertz CT molecular complexity index is 657. The monoisotopic (exact) mass is 255 g/mol. The van der Waals surface area contributed by atoms with E-state index in [-0.39, 0.29) is 12.7 Å². The average molecular weight is 255 g/mol. The van der Waals surface area contributed by atoms with Gasteiger partial charge in [-0.3, -0.25) is 0 Å². The number of aromatic amines is 1. The highest BCUT2D eigenvalue weighted by molar-refractivity contribution is 6.62. The van der Waals surface area contributed by atoms with Gasteiger partial charge in [-0.05, 0) is 50.9 Å². The minimum Gasteiger partial charge on any atom is -0.534 e. The zero-order valence-corrected chi connectivity index (χ0v) is 11.8. The molecule has 2 heterocycles. The molecule has 19 heavy (non-hydrogen) atoms. The summed E-state index contributed by atoms with van der Waals surface area (Å²) in [5, 5.41) is 1.22. The summed E-state index contributed by atoms with van der Waals surface area (Å²) in [6.07, 6.45) is 3.99. The van der Waals surface area contributed by atoms with Crippen molar-refractivity contribution in [3.8, 4) is 0 Å². The first kappa shape index (κ1) is 12.4. The second-order valence-electron chi connectivity index (χ2n) is 5.51. The van der Waals surface area contributed by atoms with E-state index < -0.39 is 0 Å². The number of hydrogen-bond acceptors (Lipinski definition) is 2. The zero-order chi connectivity index (χ0) is 13.6. The molecule has 1 aliphatic heterocycles. The fourth-order valence-electron chi connectivity index (χ4n) is 2.58. The highest BCUT2D eigenvalue weighted by Crippen LogP contribution is 2.30. The van der Waals surface area contributed by atoms with Crippen LogP contribution < -0.4 is 5.46 Å². The van der Waals surface area contributed by atoms with Gasteiger partial charge in [0.25, 0.3) is 0 Å². The van der Waals surface area contributed by atoms with Crippen LogP contribution in [0.15, 0.2) is 36.2 Å². The van der Waals surface area contributed by atoms with Crippen molar-refractivity contribution in [2.45, 2.75) is 33.3 Å². The van der Waals surface area contributed by atoms with Crippen LogP contribution in [0.4, 0.5) is 0 Å². The van der Waals surface area contributed by atoms with Gasteiger partial charge in [0.15, 0.2) is 0 Å². The smallest absolute Gasteiger partial charge is 0.534 e. The van der Waals surface area contributed by atoms with Gasteiger partial charge >= 0.3 is 7.12 Å². The molecular formula is C15H18BNO2. The lowest BCUT2D eigenvalue weighted by atomic mass is 9.78. The van der Waals surface area contributed by atoms with Crippen molar-refractivity contribution in [2.24, 2.45) is 0 Å². The number of hydrogen-bond donors (Lipinski definition) is 1. The Hall–Kier alpha value is -1.68. The molecule has 1 fully saturated rings. The molecule has 0 radical (unpaired) electrons. The highest BCUT2D eigenvalue weighted by atomic mass is 16.7. The largest absolute Gasteiger partial charge is 0.563 e. The van der Waals surface area contributed by atoms with Crippen LogP contribution in [0.5, 0.6) is 0 Å². The Morgan fingerprint density at radius 1 is 1.32 bits per heavy atom. The maximum absolute atomic E-state index is 6.00. The molecule has 1 aliphatic rings. The van der Waals surface area contributed by atoms with Gasteiger partial charge in [-0.1, -0.05) is 12.1 Å². The summed E-state index contributed by atoms with van der Waals surface area (Å²) in [6, 6.07) is 6.27. The van der Waals surface area contributed by atoms with Crippen LogP contribution in [0.25, 0.3) is 10.9 Å². The number of H-pyrrole nitrogens is 1. The molecule has 0 atom stereocenters. The first-order valence-corrected chi connectivity index (χ1v) is 6.60. The van der Waals surface area contributed by atoms with Crippen molar-refractivity contribution in [1.82, 2.24) is 4.98 Å². The van der Waals surface area contributed by atoms with Crippen molar-refractivity contribution in [3.05, 3.63) is 41.8 Å². The molecule has 1 aromatic carbocycles. The first-order valence-electron chi connectivity index (χ1n) is 6.60. The van der Waals surface area contributed by atoms with Crippen molar-refractivity contribution >= 4 is 23.5 Å². The van der Waals surface area contributed by atoms with E-state index in [1.807, 2.05) is 33.0 Å². The van der Waals surface area contributed by atoms with Gasteiger partial charge in [-0.25, -0.2) is 0 Å². The van der Waals surface area contributed by atoms with Crippen LogP contribution in [-0.2, 0) is 9.31 Å². The molecule has 1 aromatic heterocycles. The third-order valence-electron chi connectivity index (χ3n) is 3.68. The van der Waals surface area contributed by atoms with Crippen molar-refractivity contribution in [1.29, 1.82) is 0 Å². The van der Waals surface area contributed by atoms with E-state index in [9.17, 15) is 0 Å². The highest BCUT2D eigenvalue weighted by Gasteiger charge is 2.43. The molecule has 98 valence electrons. The Kier molecular flexibility index (Phi) is 2.71. The summed E-state index contributed by atoms with van der Waals surface area (Å²) in [5.74, 6) is 0.892. The van der Waals surface area contributed by atoms with Crippen LogP contribution in [0.2, 0.25) is 0 Å². The second kappa shape index (κ2) is 4.17. The van der Waals surface area contributed by atoms with Crippen molar-refractivity contribution in [3.63, 3.8) is 0 Å². The van der Waals surface area contributed by atoms with Gasteiger partial charge in [0.05, 0.1) is 0 Å². The molecule has 3 nitrogen and oxygen atoms in total. The third-order valence-corrected chi connectivity index (χ3v) is 3.68. The fourth-order valence-corrected chi connectivity index (χ4v) is 2.58. The van der Waals surface area contributed by atoms with Crippen LogP contribution in [0.3, 0.4) is 0 Å². The summed E-state index contributed by atoms with van der Waals surface area (Å²) in [7, 11) is -0.320. The number of allylic oxidation sites excluding steroid dienone is 1.